The highest BCUT2D eigenvalue weighted by Gasteiger charge is 2.23. The molecule has 0 unspecified atom stereocenters. The number of nitrogens with zero attached hydrogens (tertiary/aromatic N) is 4. The van der Waals surface area contributed by atoms with Crippen molar-refractivity contribution in [2.75, 3.05) is 12.3 Å². The van der Waals surface area contributed by atoms with Crippen molar-refractivity contribution in [2.45, 2.75) is 6.42 Å². The van der Waals surface area contributed by atoms with Gasteiger partial charge in [0.1, 0.15) is 16.9 Å². The van der Waals surface area contributed by atoms with Crippen LogP contribution in [0.2, 0.25) is 5.02 Å². The molecule has 5 aromatic rings. The molecule has 0 atom stereocenters. The normalized spacial score (nSPS) is 11.4. The molecule has 3 N–H and O–H groups in total. The Bertz CT molecular complexity index is 1530. The summed E-state index contributed by atoms with van der Waals surface area (Å²) in [5.74, 6) is -0.152. The molecule has 2 aromatic heterocycles. The molecule has 0 aliphatic rings. The second-order valence-corrected chi connectivity index (χ2v) is 8.18. The number of hydrogen-bond donors (Lipinski definition) is 2. The molecule has 2 heterocycles. The van der Waals surface area contributed by atoms with E-state index in [0.29, 0.717) is 40.2 Å². The summed E-state index contributed by atoms with van der Waals surface area (Å²) in [4.78, 5) is 22.6. The van der Waals surface area contributed by atoms with E-state index < -0.39 is 0 Å². The van der Waals surface area contributed by atoms with Crippen LogP contribution in [0.1, 0.15) is 21.5 Å². The van der Waals surface area contributed by atoms with Crippen LogP contribution in [-0.4, -0.2) is 33.3 Å². The lowest BCUT2D eigenvalue weighted by Crippen LogP contribution is -2.26. The van der Waals surface area contributed by atoms with Crippen LogP contribution in [-0.2, 0) is 6.42 Å². The van der Waals surface area contributed by atoms with E-state index in [9.17, 15) is 4.79 Å². The highest BCUT2D eigenvalue weighted by molar-refractivity contribution is 6.30. The molecule has 7 nitrogen and oxygen atoms in total. The Morgan fingerprint density at radius 3 is 2.50 bits per heavy atom. The summed E-state index contributed by atoms with van der Waals surface area (Å²) >= 11 is 6.09. The molecule has 1 amide bonds. The Hall–Kier alpha value is -4.23. The number of rotatable bonds is 6. The molecule has 168 valence electrons. The number of nitrogens with two attached hydrogens (primary N) is 1. The van der Waals surface area contributed by atoms with Gasteiger partial charge in [-0.1, -0.05) is 66.2 Å². The molecule has 0 fully saturated rings. The zero-order chi connectivity index (χ0) is 23.5. The first-order valence-corrected chi connectivity index (χ1v) is 11.2. The van der Waals surface area contributed by atoms with Crippen molar-refractivity contribution in [3.63, 3.8) is 0 Å². The Balaban J connectivity index is 1.54. The van der Waals surface area contributed by atoms with Gasteiger partial charge in [-0.2, -0.15) is 9.78 Å². The second kappa shape index (κ2) is 9.33. The van der Waals surface area contributed by atoms with E-state index in [0.717, 1.165) is 11.1 Å². The monoisotopic (exact) mass is 468 g/mol. The summed E-state index contributed by atoms with van der Waals surface area (Å²) in [6, 6.07) is 24.7. The minimum Gasteiger partial charge on any atom is -0.383 e. The summed E-state index contributed by atoms with van der Waals surface area (Å²) in [5.41, 5.74) is 10.8. The lowest BCUT2D eigenvalue weighted by atomic mass is 10.1. The van der Waals surface area contributed by atoms with Gasteiger partial charge in [0, 0.05) is 11.6 Å². The lowest BCUT2D eigenvalue weighted by Gasteiger charge is -2.05. The fourth-order valence-corrected chi connectivity index (χ4v) is 3.95. The van der Waals surface area contributed by atoms with E-state index in [1.54, 1.807) is 18.3 Å². The molecule has 0 radical (unpaired) electrons. The maximum absolute atomic E-state index is 13.2. The van der Waals surface area contributed by atoms with Crippen LogP contribution in [0, 0.1) is 0 Å². The van der Waals surface area contributed by atoms with E-state index >= 15 is 0 Å². The van der Waals surface area contributed by atoms with E-state index in [1.807, 2.05) is 66.7 Å². The van der Waals surface area contributed by atoms with Crippen LogP contribution in [0.25, 0.3) is 22.2 Å². The quantitative estimate of drug-likeness (QED) is 0.353. The predicted molar refractivity (Wildman–Crippen MR) is 136 cm³/mol. The van der Waals surface area contributed by atoms with Crippen molar-refractivity contribution in [1.29, 1.82) is 0 Å². The number of hydrogen-bond acceptors (Lipinski definition) is 5. The van der Waals surface area contributed by atoms with E-state index in [2.05, 4.69) is 10.4 Å². The molecule has 34 heavy (non-hydrogen) atoms. The average Bonchev–Trinajstić information content (AvgIpc) is 3.12. The number of carbonyl (C=O) groups is 1. The van der Waals surface area contributed by atoms with Crippen molar-refractivity contribution in [3.05, 3.63) is 101 Å². The molecule has 0 bridgehead atoms. The Labute approximate surface area is 200 Å². The Morgan fingerprint density at radius 2 is 1.74 bits per heavy atom. The number of halogens is 1. The number of fused-ring (bicyclic) bond motifs is 2. The van der Waals surface area contributed by atoms with Crippen molar-refractivity contribution in [1.82, 2.24) is 20.0 Å². The zero-order valence-electron chi connectivity index (χ0n) is 18.1. The summed E-state index contributed by atoms with van der Waals surface area (Å²) in [6.45, 7) is 0.460. The van der Waals surface area contributed by atoms with Crippen molar-refractivity contribution in [2.24, 2.45) is 5.10 Å². The first kappa shape index (κ1) is 21.6. The molecule has 0 spiro atoms. The standard InChI is InChI=1S/C26H21ClN6O/c27-19-10-6-9-18(15-19)16-30-33-24(28)22(26(34)29-14-13-17-7-2-1-3-8-17)23-25(33)32-21-12-5-4-11-20(21)31-23/h1-12,15-16H,13-14,28H2,(H,29,34)/b30-16-. The number of amides is 1. The van der Waals surface area contributed by atoms with Crippen LogP contribution >= 0.6 is 11.6 Å². The van der Waals surface area contributed by atoms with Gasteiger partial charge >= 0.3 is 0 Å². The largest absolute Gasteiger partial charge is 0.383 e. The predicted octanol–water partition coefficient (Wildman–Crippen LogP) is 4.67. The summed E-state index contributed by atoms with van der Waals surface area (Å²) in [5, 5.41) is 8.06. The molecular weight excluding hydrogens is 448 g/mol. The van der Waals surface area contributed by atoms with Crippen LogP contribution in [0.15, 0.2) is 84.0 Å². The third kappa shape index (κ3) is 4.33. The number of nitrogen functional groups attached to an aromatic ring is 1. The van der Waals surface area contributed by atoms with Gasteiger partial charge in [-0.15, -0.1) is 0 Å². The minimum atomic E-state index is -0.320. The van der Waals surface area contributed by atoms with Crippen molar-refractivity contribution < 1.29 is 4.79 Å². The van der Waals surface area contributed by atoms with Gasteiger partial charge in [0.2, 0.25) is 0 Å². The van der Waals surface area contributed by atoms with Crippen molar-refractivity contribution >= 4 is 51.7 Å². The summed E-state index contributed by atoms with van der Waals surface area (Å²) in [7, 11) is 0. The van der Waals surface area contributed by atoms with Gasteiger partial charge in [0.05, 0.1) is 17.2 Å². The van der Waals surface area contributed by atoms with Gasteiger partial charge in [-0.05, 0) is 41.8 Å². The van der Waals surface area contributed by atoms with Gasteiger partial charge in [-0.25, -0.2) is 9.97 Å². The van der Waals surface area contributed by atoms with Crippen LogP contribution in [0.3, 0.4) is 0 Å². The van der Waals surface area contributed by atoms with Gasteiger partial charge in [-0.3, -0.25) is 4.79 Å². The smallest absolute Gasteiger partial charge is 0.257 e. The molecular formula is C26H21ClN6O. The van der Waals surface area contributed by atoms with E-state index in [-0.39, 0.29) is 17.3 Å². The first-order valence-electron chi connectivity index (χ1n) is 10.8. The van der Waals surface area contributed by atoms with Crippen molar-refractivity contribution in [3.8, 4) is 0 Å². The zero-order valence-corrected chi connectivity index (χ0v) is 18.9. The summed E-state index contributed by atoms with van der Waals surface area (Å²) in [6.07, 6.45) is 2.32. The SMILES string of the molecule is Nc1c(C(=O)NCCc2ccccc2)c2nc3ccccc3nc2n1/N=C\c1cccc(Cl)c1. The van der Waals surface area contributed by atoms with Gasteiger partial charge in [0.15, 0.2) is 5.65 Å². The van der Waals surface area contributed by atoms with E-state index in [4.69, 9.17) is 27.3 Å². The van der Waals surface area contributed by atoms with E-state index in [1.165, 1.54) is 4.68 Å². The maximum Gasteiger partial charge on any atom is 0.257 e. The molecule has 0 aliphatic heterocycles. The summed E-state index contributed by atoms with van der Waals surface area (Å²) < 4.78 is 1.45. The fourth-order valence-electron chi connectivity index (χ4n) is 3.75. The van der Waals surface area contributed by atoms with Gasteiger partial charge in [0.25, 0.3) is 5.91 Å². The third-order valence-corrected chi connectivity index (χ3v) is 5.65. The molecule has 5 rings (SSSR count). The number of nitrogens with one attached hydrogen (secondary N) is 1. The molecule has 0 aliphatic carbocycles. The van der Waals surface area contributed by atoms with Gasteiger partial charge < -0.3 is 11.1 Å². The fraction of sp³-hybridized carbons (Fsp3) is 0.0769. The topological polar surface area (TPSA) is 98.2 Å². The highest BCUT2D eigenvalue weighted by Crippen LogP contribution is 2.28. The Morgan fingerprint density at radius 1 is 1.00 bits per heavy atom. The molecule has 8 heteroatoms. The Kier molecular flexibility index (Phi) is 5.93. The van der Waals surface area contributed by atoms with Crippen LogP contribution in [0.5, 0.6) is 0 Å². The number of para-hydroxylation sites is 2. The third-order valence-electron chi connectivity index (χ3n) is 5.41. The first-order chi connectivity index (χ1) is 16.6. The molecule has 0 saturated carbocycles. The number of benzene rings is 3. The second-order valence-electron chi connectivity index (χ2n) is 7.75. The molecule has 3 aromatic carbocycles. The number of carbonyl (C=O) groups excluding carboxylic acids is 1. The maximum atomic E-state index is 13.2. The number of aromatic nitrogens is 3. The highest BCUT2D eigenvalue weighted by atomic mass is 35.5. The average molecular weight is 469 g/mol. The molecule has 0 saturated heterocycles. The van der Waals surface area contributed by atoms with Crippen LogP contribution < -0.4 is 11.1 Å². The minimum absolute atomic E-state index is 0.167. The van der Waals surface area contributed by atoms with Crippen LogP contribution in [0.4, 0.5) is 5.82 Å². The number of anilines is 1. The lowest BCUT2D eigenvalue weighted by molar-refractivity contribution is 0.0956.